The molecular formula is C26H26N2O5. The second kappa shape index (κ2) is 10.1. The maximum Gasteiger partial charge on any atom is 0.265 e. The van der Waals surface area contributed by atoms with E-state index < -0.39 is 0 Å². The molecule has 0 atom stereocenters. The van der Waals surface area contributed by atoms with Gasteiger partial charge in [0.25, 0.3) is 11.8 Å². The minimum atomic E-state index is -0.286. The van der Waals surface area contributed by atoms with Crippen molar-refractivity contribution in [3.8, 4) is 17.2 Å². The number of fused-ring (bicyclic) bond motifs is 1. The van der Waals surface area contributed by atoms with Gasteiger partial charge in [0.2, 0.25) is 0 Å². The van der Waals surface area contributed by atoms with E-state index in [1.54, 1.807) is 23.1 Å². The van der Waals surface area contributed by atoms with Crippen molar-refractivity contribution < 1.29 is 23.8 Å². The molecule has 4 rings (SSSR count). The van der Waals surface area contributed by atoms with Gasteiger partial charge in [-0.15, -0.1) is 0 Å². The molecule has 1 heterocycles. The van der Waals surface area contributed by atoms with E-state index in [9.17, 15) is 9.59 Å². The molecule has 0 unspecified atom stereocenters. The second-order valence-corrected chi connectivity index (χ2v) is 7.83. The van der Waals surface area contributed by atoms with Crippen LogP contribution in [0.2, 0.25) is 0 Å². The summed E-state index contributed by atoms with van der Waals surface area (Å²) in [7, 11) is 0. The number of nitrogens with zero attached hydrogens (tertiary/aromatic N) is 1. The van der Waals surface area contributed by atoms with Crippen molar-refractivity contribution in [3.63, 3.8) is 0 Å². The Balaban J connectivity index is 1.35. The molecule has 0 aliphatic carbocycles. The number of carbonyl (C=O) groups excluding carboxylic acids is 2. The van der Waals surface area contributed by atoms with Crippen molar-refractivity contribution in [1.82, 2.24) is 0 Å². The lowest BCUT2D eigenvalue weighted by Crippen LogP contribution is -2.41. The summed E-state index contributed by atoms with van der Waals surface area (Å²) in [6.07, 6.45) is 0. The SMILES string of the molecule is Cc1ccc(OCC(=O)Nc2ccc3c(c2)OCC(=O)N3CCOc2cccc(C)c2)cc1. The van der Waals surface area contributed by atoms with Gasteiger partial charge in [-0.2, -0.15) is 0 Å². The summed E-state index contributed by atoms with van der Waals surface area (Å²) in [4.78, 5) is 26.3. The maximum atomic E-state index is 12.4. The minimum absolute atomic E-state index is 0.0641. The third-order valence-corrected chi connectivity index (χ3v) is 5.15. The normalized spacial score (nSPS) is 12.5. The number of carbonyl (C=O) groups is 2. The molecule has 2 amide bonds. The summed E-state index contributed by atoms with van der Waals surface area (Å²) >= 11 is 0. The van der Waals surface area contributed by atoms with Crippen LogP contribution in [-0.2, 0) is 9.59 Å². The molecule has 7 nitrogen and oxygen atoms in total. The zero-order valence-electron chi connectivity index (χ0n) is 18.7. The molecule has 0 spiro atoms. The van der Waals surface area contributed by atoms with Gasteiger partial charge < -0.3 is 24.4 Å². The number of benzene rings is 3. The van der Waals surface area contributed by atoms with Gasteiger partial charge in [-0.1, -0.05) is 29.8 Å². The molecule has 0 bridgehead atoms. The van der Waals surface area contributed by atoms with E-state index in [0.29, 0.717) is 36.0 Å². The van der Waals surface area contributed by atoms with Crippen molar-refractivity contribution in [2.45, 2.75) is 13.8 Å². The first-order valence-corrected chi connectivity index (χ1v) is 10.7. The van der Waals surface area contributed by atoms with Gasteiger partial charge in [-0.3, -0.25) is 9.59 Å². The number of amides is 2. The van der Waals surface area contributed by atoms with Crippen molar-refractivity contribution >= 4 is 23.2 Å². The molecule has 1 aliphatic rings. The first-order valence-electron chi connectivity index (χ1n) is 10.7. The number of aryl methyl sites for hydroxylation is 2. The fourth-order valence-corrected chi connectivity index (χ4v) is 3.47. The van der Waals surface area contributed by atoms with Gasteiger partial charge in [0, 0.05) is 11.8 Å². The molecule has 0 saturated carbocycles. The summed E-state index contributed by atoms with van der Waals surface area (Å²) in [5.41, 5.74) is 3.44. The average Bonchev–Trinajstić information content (AvgIpc) is 2.80. The minimum Gasteiger partial charge on any atom is -0.492 e. The number of anilines is 2. The number of ether oxygens (including phenoxy) is 3. The van der Waals surface area contributed by atoms with Crippen LogP contribution in [0.4, 0.5) is 11.4 Å². The van der Waals surface area contributed by atoms with Crippen molar-refractivity contribution in [2.24, 2.45) is 0 Å². The molecule has 0 radical (unpaired) electrons. The molecule has 3 aromatic rings. The number of nitrogens with one attached hydrogen (secondary N) is 1. The monoisotopic (exact) mass is 446 g/mol. The fourth-order valence-electron chi connectivity index (χ4n) is 3.47. The smallest absolute Gasteiger partial charge is 0.265 e. The maximum absolute atomic E-state index is 12.4. The highest BCUT2D eigenvalue weighted by molar-refractivity contribution is 5.99. The molecule has 3 aromatic carbocycles. The fraction of sp³-hybridized carbons (Fsp3) is 0.231. The number of hydrogen-bond donors (Lipinski definition) is 1. The Bertz CT molecular complexity index is 1140. The van der Waals surface area contributed by atoms with Crippen LogP contribution in [0.3, 0.4) is 0 Å². The van der Waals surface area contributed by atoms with Gasteiger partial charge in [0.1, 0.15) is 23.9 Å². The average molecular weight is 447 g/mol. The Hall–Kier alpha value is -4.00. The van der Waals surface area contributed by atoms with Gasteiger partial charge in [0.15, 0.2) is 13.2 Å². The van der Waals surface area contributed by atoms with E-state index in [2.05, 4.69) is 5.32 Å². The first-order chi connectivity index (χ1) is 16.0. The summed E-state index contributed by atoms with van der Waals surface area (Å²) in [6.45, 7) is 4.55. The van der Waals surface area contributed by atoms with E-state index in [1.807, 2.05) is 62.4 Å². The van der Waals surface area contributed by atoms with Gasteiger partial charge in [-0.05, 0) is 55.8 Å². The third kappa shape index (κ3) is 5.83. The lowest BCUT2D eigenvalue weighted by molar-refractivity contribution is -0.121. The summed E-state index contributed by atoms with van der Waals surface area (Å²) in [6, 6.07) is 20.5. The summed E-state index contributed by atoms with van der Waals surface area (Å²) in [5.74, 6) is 1.50. The van der Waals surface area contributed by atoms with Crippen LogP contribution >= 0.6 is 0 Å². The highest BCUT2D eigenvalue weighted by Gasteiger charge is 2.25. The van der Waals surface area contributed by atoms with Crippen LogP contribution < -0.4 is 24.4 Å². The highest BCUT2D eigenvalue weighted by atomic mass is 16.5. The van der Waals surface area contributed by atoms with Crippen LogP contribution in [0.15, 0.2) is 66.7 Å². The number of rotatable bonds is 8. The topological polar surface area (TPSA) is 77.1 Å². The van der Waals surface area contributed by atoms with Crippen LogP contribution in [0, 0.1) is 13.8 Å². The molecule has 170 valence electrons. The predicted octanol–water partition coefficient (Wildman–Crippen LogP) is 4.13. The molecule has 33 heavy (non-hydrogen) atoms. The molecule has 1 N–H and O–H groups in total. The van der Waals surface area contributed by atoms with E-state index in [0.717, 1.165) is 16.9 Å². The molecule has 7 heteroatoms. The van der Waals surface area contributed by atoms with E-state index in [-0.39, 0.29) is 25.0 Å². The zero-order chi connectivity index (χ0) is 23.2. The van der Waals surface area contributed by atoms with Crippen LogP contribution in [0.25, 0.3) is 0 Å². The molecular weight excluding hydrogens is 420 g/mol. The van der Waals surface area contributed by atoms with Crippen molar-refractivity contribution in [2.75, 3.05) is 36.6 Å². The van der Waals surface area contributed by atoms with E-state index in [1.165, 1.54) is 0 Å². The van der Waals surface area contributed by atoms with Crippen LogP contribution in [0.5, 0.6) is 17.2 Å². The van der Waals surface area contributed by atoms with Crippen LogP contribution in [-0.4, -0.2) is 38.2 Å². The lowest BCUT2D eigenvalue weighted by Gasteiger charge is -2.29. The second-order valence-electron chi connectivity index (χ2n) is 7.83. The Morgan fingerprint density at radius 1 is 0.970 bits per heavy atom. The van der Waals surface area contributed by atoms with Gasteiger partial charge in [-0.25, -0.2) is 0 Å². The standard InChI is InChI=1S/C26H26N2O5/c1-18-6-9-21(10-7-18)32-16-25(29)27-20-8-11-23-24(15-20)33-17-26(30)28(23)12-13-31-22-5-3-4-19(2)14-22/h3-11,14-15H,12-13,16-17H2,1-2H3,(H,27,29). The zero-order valence-corrected chi connectivity index (χ0v) is 18.7. The predicted molar refractivity (Wildman–Crippen MR) is 126 cm³/mol. The Morgan fingerprint density at radius 2 is 1.79 bits per heavy atom. The summed E-state index contributed by atoms with van der Waals surface area (Å²) in [5, 5.41) is 2.80. The van der Waals surface area contributed by atoms with Gasteiger partial charge >= 0.3 is 0 Å². The molecule has 0 saturated heterocycles. The quantitative estimate of drug-likeness (QED) is 0.563. The van der Waals surface area contributed by atoms with Crippen molar-refractivity contribution in [1.29, 1.82) is 0 Å². The van der Waals surface area contributed by atoms with Gasteiger partial charge in [0.05, 0.1) is 12.2 Å². The van der Waals surface area contributed by atoms with E-state index >= 15 is 0 Å². The largest absolute Gasteiger partial charge is 0.492 e. The Labute approximate surface area is 192 Å². The molecule has 1 aliphatic heterocycles. The van der Waals surface area contributed by atoms with E-state index in [4.69, 9.17) is 14.2 Å². The lowest BCUT2D eigenvalue weighted by atomic mass is 10.2. The third-order valence-electron chi connectivity index (χ3n) is 5.15. The Morgan fingerprint density at radius 3 is 2.58 bits per heavy atom. The molecule has 0 aromatic heterocycles. The summed E-state index contributed by atoms with van der Waals surface area (Å²) < 4.78 is 16.9. The number of hydrogen-bond acceptors (Lipinski definition) is 5. The first kappa shape index (κ1) is 22.2. The Kier molecular flexibility index (Phi) is 6.78. The molecule has 0 fully saturated rings. The van der Waals surface area contributed by atoms with Crippen LogP contribution in [0.1, 0.15) is 11.1 Å². The van der Waals surface area contributed by atoms with Crippen molar-refractivity contribution in [3.05, 3.63) is 77.9 Å². The highest BCUT2D eigenvalue weighted by Crippen LogP contribution is 2.34.